The molecule has 0 aliphatic heterocycles. The second-order valence-corrected chi connectivity index (χ2v) is 4.68. The molecule has 3 rings (SSSR count). The molecule has 0 radical (unpaired) electrons. The topological polar surface area (TPSA) is 66.5 Å². The Hall–Kier alpha value is -2.21. The van der Waals surface area contributed by atoms with Gasteiger partial charge in [0.05, 0.1) is 34.8 Å². The van der Waals surface area contributed by atoms with Gasteiger partial charge in [0.25, 0.3) is 0 Å². The van der Waals surface area contributed by atoms with Crippen molar-refractivity contribution >= 4 is 17.0 Å². The molecule has 0 aromatic carbocycles. The van der Waals surface area contributed by atoms with Crippen molar-refractivity contribution in [3.05, 3.63) is 48.0 Å². The van der Waals surface area contributed by atoms with Gasteiger partial charge in [-0.2, -0.15) is 5.10 Å². The van der Waals surface area contributed by atoms with E-state index in [1.807, 2.05) is 12.3 Å². The van der Waals surface area contributed by atoms with Crippen molar-refractivity contribution in [1.82, 2.24) is 20.2 Å². The van der Waals surface area contributed by atoms with E-state index in [0.717, 1.165) is 16.9 Å². The van der Waals surface area contributed by atoms with Crippen LogP contribution >= 0.6 is 11.3 Å². The lowest BCUT2D eigenvalue weighted by atomic mass is 10.2. The highest BCUT2D eigenvalue weighted by Crippen LogP contribution is 2.26. The second-order valence-electron chi connectivity index (χ2n) is 3.73. The molecule has 3 heterocycles. The Balaban J connectivity index is 1.76. The van der Waals surface area contributed by atoms with Crippen molar-refractivity contribution in [2.75, 3.05) is 5.32 Å². The van der Waals surface area contributed by atoms with Crippen LogP contribution in [0.1, 0.15) is 5.56 Å². The van der Waals surface area contributed by atoms with Crippen molar-refractivity contribution in [2.45, 2.75) is 6.54 Å². The first-order valence-electron chi connectivity index (χ1n) is 5.48. The predicted molar refractivity (Wildman–Crippen MR) is 71.3 cm³/mol. The average molecular weight is 257 g/mol. The van der Waals surface area contributed by atoms with Crippen LogP contribution in [0.15, 0.2) is 42.4 Å². The molecular formula is C12H11N5S. The lowest BCUT2D eigenvalue weighted by molar-refractivity contribution is 1.10. The number of aromatic nitrogens is 4. The van der Waals surface area contributed by atoms with Crippen LogP contribution < -0.4 is 5.32 Å². The largest absolute Gasteiger partial charge is 0.378 e. The smallest absolute Gasteiger partial charge is 0.115 e. The van der Waals surface area contributed by atoms with E-state index in [1.54, 1.807) is 23.7 Å². The molecule has 18 heavy (non-hydrogen) atoms. The zero-order valence-corrected chi connectivity index (χ0v) is 10.3. The normalized spacial score (nSPS) is 10.4. The molecule has 6 heteroatoms. The summed E-state index contributed by atoms with van der Waals surface area (Å²) in [6.07, 6.45) is 6.85. The van der Waals surface area contributed by atoms with Crippen LogP contribution in [-0.2, 0) is 6.54 Å². The van der Waals surface area contributed by atoms with Crippen LogP contribution in [0.3, 0.4) is 0 Å². The van der Waals surface area contributed by atoms with Crippen molar-refractivity contribution in [2.24, 2.45) is 0 Å². The molecule has 0 aliphatic rings. The third kappa shape index (κ3) is 2.23. The molecule has 0 saturated carbocycles. The summed E-state index contributed by atoms with van der Waals surface area (Å²) in [6.45, 7) is 0.692. The third-order valence-corrected chi connectivity index (χ3v) is 3.42. The van der Waals surface area contributed by atoms with E-state index in [4.69, 9.17) is 0 Å². The van der Waals surface area contributed by atoms with Crippen LogP contribution in [0, 0.1) is 0 Å². The summed E-state index contributed by atoms with van der Waals surface area (Å²) >= 11 is 1.69. The summed E-state index contributed by atoms with van der Waals surface area (Å²) in [7, 11) is 0. The third-order valence-electron chi connectivity index (χ3n) is 2.53. The Morgan fingerprint density at radius 1 is 1.22 bits per heavy atom. The standard InChI is InChI=1S/C12H11N5S/c1-2-11(18-3-1)12-9(5-16-17-12)4-15-10-6-13-8-14-7-10/h1-3,5-8,15H,4H2,(H,16,17). The first-order valence-corrected chi connectivity index (χ1v) is 6.36. The van der Waals surface area contributed by atoms with E-state index in [0.29, 0.717) is 6.54 Å². The molecule has 0 amide bonds. The van der Waals surface area contributed by atoms with Crippen LogP contribution in [0.2, 0.25) is 0 Å². The molecule has 2 N–H and O–H groups in total. The molecule has 0 atom stereocenters. The van der Waals surface area contributed by atoms with Gasteiger partial charge in [0.15, 0.2) is 0 Å². The minimum absolute atomic E-state index is 0.692. The highest BCUT2D eigenvalue weighted by Gasteiger charge is 2.08. The SMILES string of the molecule is c1csc(-c2[nH]ncc2CNc2cncnc2)c1. The summed E-state index contributed by atoms with van der Waals surface area (Å²) < 4.78 is 0. The summed E-state index contributed by atoms with van der Waals surface area (Å²) in [5.41, 5.74) is 3.09. The van der Waals surface area contributed by atoms with Crippen molar-refractivity contribution < 1.29 is 0 Å². The minimum atomic E-state index is 0.692. The Kier molecular flexibility index (Phi) is 3.01. The van der Waals surface area contributed by atoms with Crippen molar-refractivity contribution in [3.63, 3.8) is 0 Å². The van der Waals surface area contributed by atoms with Gasteiger partial charge in [0, 0.05) is 12.1 Å². The number of rotatable bonds is 4. The molecule has 0 aliphatic carbocycles. The summed E-state index contributed by atoms with van der Waals surface area (Å²) in [6, 6.07) is 4.11. The zero-order valence-electron chi connectivity index (χ0n) is 9.50. The van der Waals surface area contributed by atoms with E-state index in [-0.39, 0.29) is 0 Å². The van der Waals surface area contributed by atoms with Gasteiger partial charge in [-0.05, 0) is 11.4 Å². The average Bonchev–Trinajstić information content (AvgIpc) is 3.08. The number of hydrogen-bond acceptors (Lipinski definition) is 5. The fourth-order valence-electron chi connectivity index (χ4n) is 1.67. The van der Waals surface area contributed by atoms with Gasteiger partial charge in [-0.25, -0.2) is 9.97 Å². The molecule has 0 fully saturated rings. The van der Waals surface area contributed by atoms with Crippen LogP contribution in [0.4, 0.5) is 5.69 Å². The number of nitrogens with zero attached hydrogens (tertiary/aromatic N) is 3. The maximum atomic E-state index is 4.10. The van der Waals surface area contributed by atoms with Crippen LogP contribution in [-0.4, -0.2) is 20.2 Å². The van der Waals surface area contributed by atoms with E-state index in [9.17, 15) is 0 Å². The van der Waals surface area contributed by atoms with Crippen molar-refractivity contribution in [3.8, 4) is 10.6 Å². The fourth-order valence-corrected chi connectivity index (χ4v) is 2.42. The summed E-state index contributed by atoms with van der Waals surface area (Å²) in [4.78, 5) is 9.11. The minimum Gasteiger partial charge on any atom is -0.378 e. The number of aromatic amines is 1. The van der Waals surface area contributed by atoms with Gasteiger partial charge in [-0.3, -0.25) is 5.10 Å². The molecule has 0 saturated heterocycles. The zero-order chi connectivity index (χ0) is 12.2. The number of nitrogens with one attached hydrogen (secondary N) is 2. The lowest BCUT2D eigenvalue weighted by Crippen LogP contribution is -2.00. The van der Waals surface area contributed by atoms with E-state index in [1.165, 1.54) is 11.2 Å². The first kappa shape index (κ1) is 10.9. The fraction of sp³-hybridized carbons (Fsp3) is 0.0833. The number of thiophene rings is 1. The molecule has 0 spiro atoms. The molecular weight excluding hydrogens is 246 g/mol. The van der Waals surface area contributed by atoms with E-state index >= 15 is 0 Å². The maximum Gasteiger partial charge on any atom is 0.115 e. The monoisotopic (exact) mass is 257 g/mol. The Bertz CT molecular complexity index is 602. The second kappa shape index (κ2) is 4.97. The van der Waals surface area contributed by atoms with Crippen LogP contribution in [0.25, 0.3) is 10.6 Å². The molecule has 90 valence electrons. The number of H-pyrrole nitrogens is 1. The van der Waals surface area contributed by atoms with E-state index < -0.39 is 0 Å². The Labute approximate surface area is 108 Å². The molecule has 0 unspecified atom stereocenters. The summed E-state index contributed by atoms with van der Waals surface area (Å²) in [5, 5.41) is 12.5. The van der Waals surface area contributed by atoms with Crippen molar-refractivity contribution in [1.29, 1.82) is 0 Å². The van der Waals surface area contributed by atoms with E-state index in [2.05, 4.69) is 36.9 Å². The predicted octanol–water partition coefficient (Wildman–Crippen LogP) is 2.54. The maximum absolute atomic E-state index is 4.10. The lowest BCUT2D eigenvalue weighted by Gasteiger charge is -2.04. The van der Waals surface area contributed by atoms with Crippen LogP contribution in [0.5, 0.6) is 0 Å². The quantitative estimate of drug-likeness (QED) is 0.753. The van der Waals surface area contributed by atoms with Gasteiger partial charge < -0.3 is 5.32 Å². The summed E-state index contributed by atoms with van der Waals surface area (Å²) in [5.74, 6) is 0. The van der Waals surface area contributed by atoms with Gasteiger partial charge in [0.2, 0.25) is 0 Å². The van der Waals surface area contributed by atoms with Gasteiger partial charge in [-0.1, -0.05) is 6.07 Å². The number of anilines is 1. The Morgan fingerprint density at radius 3 is 2.89 bits per heavy atom. The van der Waals surface area contributed by atoms with Gasteiger partial charge in [-0.15, -0.1) is 11.3 Å². The number of hydrogen-bond donors (Lipinski definition) is 2. The first-order chi connectivity index (χ1) is 8.93. The Morgan fingerprint density at radius 2 is 2.11 bits per heavy atom. The molecule has 5 nitrogen and oxygen atoms in total. The molecule has 0 bridgehead atoms. The highest BCUT2D eigenvalue weighted by atomic mass is 32.1. The molecule has 3 aromatic heterocycles. The molecule has 3 aromatic rings. The van der Waals surface area contributed by atoms with Gasteiger partial charge >= 0.3 is 0 Å². The van der Waals surface area contributed by atoms with Gasteiger partial charge in [0.1, 0.15) is 6.33 Å². The highest BCUT2D eigenvalue weighted by molar-refractivity contribution is 7.13.